The predicted molar refractivity (Wildman–Crippen MR) is 139 cm³/mol. The van der Waals surface area contributed by atoms with Gasteiger partial charge in [0.2, 0.25) is 0 Å². The summed E-state index contributed by atoms with van der Waals surface area (Å²) in [5, 5.41) is 15.1. The second kappa shape index (κ2) is 10.5. The molecule has 4 nitrogen and oxygen atoms in total. The summed E-state index contributed by atoms with van der Waals surface area (Å²) < 4.78 is 0. The molecule has 4 N–H and O–H groups in total. The fourth-order valence-corrected chi connectivity index (χ4v) is 4.03. The highest BCUT2D eigenvalue weighted by atomic mass is 35.5. The van der Waals surface area contributed by atoms with Crippen LogP contribution in [0.5, 0.6) is 0 Å². The van der Waals surface area contributed by atoms with Crippen LogP contribution in [0.1, 0.15) is 0 Å². The second-order valence-corrected chi connectivity index (χ2v) is 8.58. The van der Waals surface area contributed by atoms with Crippen LogP contribution < -0.4 is 21.3 Å². The molecule has 0 fully saturated rings. The van der Waals surface area contributed by atoms with Crippen molar-refractivity contribution in [2.24, 2.45) is 0 Å². The van der Waals surface area contributed by atoms with E-state index in [0.717, 1.165) is 11.4 Å². The number of halogens is 4. The van der Waals surface area contributed by atoms with E-state index < -0.39 is 0 Å². The minimum absolute atomic E-state index is 0.364. The Morgan fingerprint density at radius 2 is 0.867 bits per heavy atom. The van der Waals surface area contributed by atoms with Gasteiger partial charge in [-0.05, 0) is 73.0 Å². The monoisotopic (exact) mass is 514 g/mol. The fourth-order valence-electron chi connectivity index (χ4n) is 2.52. The summed E-state index contributed by atoms with van der Waals surface area (Å²) in [5.41, 5.74) is 2.78. The van der Waals surface area contributed by atoms with E-state index in [-0.39, 0.29) is 0 Å². The zero-order chi connectivity index (χ0) is 21.7. The number of para-hydroxylation sites is 2. The molecule has 3 aromatic carbocycles. The lowest BCUT2D eigenvalue weighted by Crippen LogP contribution is -2.23. The molecule has 0 amide bonds. The first-order chi connectivity index (χ1) is 14.3. The summed E-state index contributed by atoms with van der Waals surface area (Å²) in [7, 11) is 0. The SMILES string of the molecule is S=C(Nc1cc(Cl)cc(Cl)c1)Nc1ccccc1NC(=S)Nc1cc(Cl)cc(Cl)c1. The van der Waals surface area contributed by atoms with E-state index in [9.17, 15) is 0 Å². The summed E-state index contributed by atoms with van der Waals surface area (Å²) in [6, 6.07) is 17.7. The minimum atomic E-state index is 0.364. The average molecular weight is 516 g/mol. The van der Waals surface area contributed by atoms with E-state index in [2.05, 4.69) is 21.3 Å². The molecule has 0 saturated heterocycles. The maximum atomic E-state index is 6.03. The lowest BCUT2D eigenvalue weighted by Gasteiger charge is -2.17. The smallest absolute Gasteiger partial charge is 0.175 e. The van der Waals surface area contributed by atoms with Gasteiger partial charge in [-0.3, -0.25) is 0 Å². The predicted octanol–water partition coefficient (Wildman–Crippen LogP) is 7.92. The number of thiocarbonyl (C=S) groups is 2. The largest absolute Gasteiger partial charge is 0.332 e. The van der Waals surface area contributed by atoms with Gasteiger partial charge in [0, 0.05) is 31.5 Å². The van der Waals surface area contributed by atoms with E-state index in [1.165, 1.54) is 0 Å². The van der Waals surface area contributed by atoms with E-state index in [4.69, 9.17) is 70.8 Å². The molecule has 0 heterocycles. The normalized spacial score (nSPS) is 10.3. The first kappa shape index (κ1) is 22.9. The van der Waals surface area contributed by atoms with Crippen molar-refractivity contribution < 1.29 is 0 Å². The van der Waals surface area contributed by atoms with Crippen LogP contribution in [0.2, 0.25) is 20.1 Å². The van der Waals surface area contributed by atoms with E-state index >= 15 is 0 Å². The molecule has 0 saturated carbocycles. The zero-order valence-corrected chi connectivity index (χ0v) is 19.8. The topological polar surface area (TPSA) is 48.1 Å². The third-order valence-corrected chi connectivity index (χ3v) is 4.95. The highest BCUT2D eigenvalue weighted by Crippen LogP contribution is 2.26. The molecule has 0 aromatic heterocycles. The quantitative estimate of drug-likeness (QED) is 0.265. The average Bonchev–Trinajstić information content (AvgIpc) is 2.61. The molecule has 0 atom stereocenters. The van der Waals surface area contributed by atoms with Crippen LogP contribution >= 0.6 is 70.8 Å². The maximum absolute atomic E-state index is 6.03. The molecular weight excluding hydrogens is 502 g/mol. The Morgan fingerprint density at radius 1 is 0.533 bits per heavy atom. The molecule has 3 aromatic rings. The molecule has 3 rings (SSSR count). The lowest BCUT2D eigenvalue weighted by molar-refractivity contribution is 1.56. The van der Waals surface area contributed by atoms with E-state index in [1.54, 1.807) is 36.4 Å². The van der Waals surface area contributed by atoms with Gasteiger partial charge in [-0.2, -0.15) is 0 Å². The van der Waals surface area contributed by atoms with E-state index in [0.29, 0.717) is 41.7 Å². The summed E-state index contributed by atoms with van der Waals surface area (Å²) in [4.78, 5) is 0. The van der Waals surface area contributed by atoms with Gasteiger partial charge in [0.1, 0.15) is 0 Å². The van der Waals surface area contributed by atoms with Gasteiger partial charge in [-0.15, -0.1) is 0 Å². The number of rotatable bonds is 4. The molecule has 0 radical (unpaired) electrons. The zero-order valence-electron chi connectivity index (χ0n) is 15.1. The van der Waals surface area contributed by atoms with Crippen molar-refractivity contribution in [1.82, 2.24) is 0 Å². The molecule has 10 heteroatoms. The molecule has 0 aliphatic heterocycles. The standard InChI is InChI=1S/C20H14Cl4N4S2/c21-11-5-12(22)8-15(7-11)25-19(29)27-17-3-1-2-4-18(17)28-20(30)26-16-9-13(23)6-14(24)10-16/h1-10H,(H2,25,27,29)(H2,26,28,30). The van der Waals surface area contributed by atoms with Crippen molar-refractivity contribution in [3.63, 3.8) is 0 Å². The summed E-state index contributed by atoms with van der Waals surface area (Å²) in [5.74, 6) is 0. The van der Waals surface area contributed by atoms with Crippen LogP contribution in [0, 0.1) is 0 Å². The Labute approximate surface area is 204 Å². The lowest BCUT2D eigenvalue weighted by atomic mass is 10.2. The summed E-state index contributed by atoms with van der Waals surface area (Å²) in [6.07, 6.45) is 0. The van der Waals surface area contributed by atoms with Crippen LogP contribution in [0.3, 0.4) is 0 Å². The van der Waals surface area contributed by atoms with Gasteiger partial charge in [0.15, 0.2) is 10.2 Å². The van der Waals surface area contributed by atoms with Crippen molar-refractivity contribution in [1.29, 1.82) is 0 Å². The van der Waals surface area contributed by atoms with E-state index in [1.807, 2.05) is 24.3 Å². The van der Waals surface area contributed by atoms with Gasteiger partial charge >= 0.3 is 0 Å². The third kappa shape index (κ3) is 6.87. The fraction of sp³-hybridized carbons (Fsp3) is 0. The molecule has 0 aliphatic rings. The first-order valence-electron chi connectivity index (χ1n) is 8.46. The van der Waals surface area contributed by atoms with Crippen molar-refractivity contribution in [3.05, 3.63) is 80.8 Å². The molecule has 0 bridgehead atoms. The van der Waals surface area contributed by atoms with Crippen LogP contribution in [0.25, 0.3) is 0 Å². The Balaban J connectivity index is 1.67. The number of nitrogens with one attached hydrogen (secondary N) is 4. The molecule has 0 unspecified atom stereocenters. The van der Waals surface area contributed by atoms with Crippen LogP contribution in [0.15, 0.2) is 60.7 Å². The van der Waals surface area contributed by atoms with Crippen molar-refractivity contribution in [2.75, 3.05) is 21.3 Å². The molecule has 0 spiro atoms. The molecular formula is C20H14Cl4N4S2. The number of hydrogen-bond acceptors (Lipinski definition) is 2. The third-order valence-electron chi connectivity index (χ3n) is 3.66. The summed E-state index contributed by atoms with van der Waals surface area (Å²) in [6.45, 7) is 0. The molecule has 154 valence electrons. The summed E-state index contributed by atoms with van der Waals surface area (Å²) >= 11 is 34.9. The Bertz CT molecular complexity index is 981. The van der Waals surface area contributed by atoms with Crippen molar-refractivity contribution in [2.45, 2.75) is 0 Å². The Morgan fingerprint density at radius 3 is 1.20 bits per heavy atom. The Hall–Kier alpha value is -1.80. The highest BCUT2D eigenvalue weighted by molar-refractivity contribution is 7.81. The van der Waals surface area contributed by atoms with Crippen molar-refractivity contribution in [3.8, 4) is 0 Å². The van der Waals surface area contributed by atoms with Crippen LogP contribution in [0.4, 0.5) is 22.7 Å². The Kier molecular flexibility index (Phi) is 7.99. The maximum Gasteiger partial charge on any atom is 0.175 e. The van der Waals surface area contributed by atoms with Gasteiger partial charge in [0.05, 0.1) is 11.4 Å². The first-order valence-corrected chi connectivity index (χ1v) is 10.8. The molecule has 30 heavy (non-hydrogen) atoms. The number of anilines is 4. The number of hydrogen-bond donors (Lipinski definition) is 4. The highest BCUT2D eigenvalue weighted by Gasteiger charge is 2.08. The van der Waals surface area contributed by atoms with Gasteiger partial charge in [-0.1, -0.05) is 58.5 Å². The van der Waals surface area contributed by atoms with Gasteiger partial charge in [0.25, 0.3) is 0 Å². The number of benzene rings is 3. The van der Waals surface area contributed by atoms with Crippen molar-refractivity contribution >= 4 is 104 Å². The minimum Gasteiger partial charge on any atom is -0.332 e. The second-order valence-electron chi connectivity index (χ2n) is 6.02. The molecule has 0 aliphatic carbocycles. The van der Waals surface area contributed by atoms with Crippen LogP contribution in [-0.2, 0) is 0 Å². The van der Waals surface area contributed by atoms with Gasteiger partial charge in [-0.25, -0.2) is 0 Å². The van der Waals surface area contributed by atoms with Crippen LogP contribution in [-0.4, -0.2) is 10.2 Å². The van der Waals surface area contributed by atoms with Gasteiger partial charge < -0.3 is 21.3 Å².